The van der Waals surface area contributed by atoms with Crippen LogP contribution in [0.15, 0.2) is 53.4 Å². The Bertz CT molecular complexity index is 1320. The highest BCUT2D eigenvalue weighted by Crippen LogP contribution is 2.27. The lowest BCUT2D eigenvalue weighted by Gasteiger charge is -2.35. The Kier molecular flexibility index (Phi) is 6.58. The molecular formula is C23H24FN5O4S. The van der Waals surface area contributed by atoms with Gasteiger partial charge in [0.1, 0.15) is 17.5 Å². The standard InChI is InChI=1S/C23H24FN5O4S/c1-16-22(15-18-4-3-5-19(24)14-18)23(26-17(2)25-16)27-10-12-28(13-11-27)34(32,33)21-8-6-20(7-9-21)29(30)31/h3-9,14H,10-13,15H2,1-2H3. The summed E-state index contributed by atoms with van der Waals surface area (Å²) in [6.07, 6.45) is 0.459. The van der Waals surface area contributed by atoms with Gasteiger partial charge in [0.2, 0.25) is 10.0 Å². The molecule has 0 amide bonds. The van der Waals surface area contributed by atoms with Crippen LogP contribution in [0.2, 0.25) is 0 Å². The van der Waals surface area contributed by atoms with Gasteiger partial charge in [0.25, 0.3) is 5.69 Å². The number of sulfonamides is 1. The molecule has 0 radical (unpaired) electrons. The van der Waals surface area contributed by atoms with Crippen LogP contribution < -0.4 is 4.90 Å². The van der Waals surface area contributed by atoms with E-state index >= 15 is 0 Å². The molecule has 1 fully saturated rings. The molecule has 1 aromatic heterocycles. The highest BCUT2D eigenvalue weighted by atomic mass is 32.2. The number of halogens is 1. The Balaban J connectivity index is 1.54. The first kappa shape index (κ1) is 23.7. The molecule has 34 heavy (non-hydrogen) atoms. The minimum atomic E-state index is -3.78. The van der Waals surface area contributed by atoms with E-state index in [2.05, 4.69) is 9.97 Å². The SMILES string of the molecule is Cc1nc(C)c(Cc2cccc(F)c2)c(N2CCN(S(=O)(=O)c3ccc([N+](=O)[O-])cc3)CC2)n1. The van der Waals surface area contributed by atoms with Crippen LogP contribution >= 0.6 is 0 Å². The number of piperazine rings is 1. The van der Waals surface area contributed by atoms with Crippen LogP contribution in [0.5, 0.6) is 0 Å². The summed E-state index contributed by atoms with van der Waals surface area (Å²) in [5.74, 6) is 1.02. The van der Waals surface area contributed by atoms with Crippen molar-refractivity contribution in [2.24, 2.45) is 0 Å². The molecule has 1 saturated heterocycles. The van der Waals surface area contributed by atoms with Gasteiger partial charge in [-0.3, -0.25) is 10.1 Å². The second-order valence-corrected chi connectivity index (χ2v) is 10.0. The number of nitro benzene ring substituents is 1. The van der Waals surface area contributed by atoms with Crippen LogP contribution in [-0.2, 0) is 16.4 Å². The van der Waals surface area contributed by atoms with E-state index < -0.39 is 14.9 Å². The molecule has 0 atom stereocenters. The third kappa shape index (κ3) is 4.90. The number of hydrogen-bond donors (Lipinski definition) is 0. The van der Waals surface area contributed by atoms with Crippen molar-refractivity contribution in [1.82, 2.24) is 14.3 Å². The normalized spacial score (nSPS) is 14.9. The summed E-state index contributed by atoms with van der Waals surface area (Å²) in [4.78, 5) is 21.4. The van der Waals surface area contributed by atoms with Crippen molar-refractivity contribution in [3.8, 4) is 0 Å². The van der Waals surface area contributed by atoms with Crippen molar-refractivity contribution in [1.29, 1.82) is 0 Å². The minimum absolute atomic E-state index is 0.0204. The zero-order valence-corrected chi connectivity index (χ0v) is 19.6. The fraction of sp³-hybridized carbons (Fsp3) is 0.304. The molecule has 0 spiro atoms. The van der Waals surface area contributed by atoms with Gasteiger partial charge in [-0.05, 0) is 43.7 Å². The summed E-state index contributed by atoms with van der Waals surface area (Å²) in [6, 6.07) is 11.3. The first-order valence-electron chi connectivity index (χ1n) is 10.7. The minimum Gasteiger partial charge on any atom is -0.354 e. The summed E-state index contributed by atoms with van der Waals surface area (Å²) < 4.78 is 41.2. The van der Waals surface area contributed by atoms with E-state index in [0.29, 0.717) is 25.3 Å². The van der Waals surface area contributed by atoms with Crippen LogP contribution in [0.25, 0.3) is 0 Å². The molecule has 2 heterocycles. The maximum absolute atomic E-state index is 13.7. The molecule has 0 saturated carbocycles. The average Bonchev–Trinajstić information content (AvgIpc) is 2.81. The van der Waals surface area contributed by atoms with Crippen LogP contribution in [0.1, 0.15) is 22.6 Å². The van der Waals surface area contributed by atoms with Gasteiger partial charge >= 0.3 is 0 Å². The van der Waals surface area contributed by atoms with Gasteiger partial charge < -0.3 is 4.90 Å². The third-order valence-electron chi connectivity index (χ3n) is 5.80. The van der Waals surface area contributed by atoms with E-state index in [1.807, 2.05) is 17.9 Å². The topological polar surface area (TPSA) is 110 Å². The summed E-state index contributed by atoms with van der Waals surface area (Å²) in [7, 11) is -3.78. The fourth-order valence-corrected chi connectivity index (χ4v) is 5.49. The molecule has 9 nitrogen and oxygen atoms in total. The highest BCUT2D eigenvalue weighted by Gasteiger charge is 2.30. The molecule has 4 rings (SSSR count). The quantitative estimate of drug-likeness (QED) is 0.389. The molecule has 11 heteroatoms. The Morgan fingerprint density at radius 2 is 1.71 bits per heavy atom. The number of anilines is 1. The molecule has 1 aliphatic heterocycles. The summed E-state index contributed by atoms with van der Waals surface area (Å²) in [6.45, 7) is 5.00. The van der Waals surface area contributed by atoms with E-state index in [1.54, 1.807) is 13.0 Å². The number of non-ortho nitro benzene ring substituents is 1. The molecule has 2 aromatic carbocycles. The predicted molar refractivity (Wildman–Crippen MR) is 125 cm³/mol. The number of nitrogens with zero attached hydrogens (tertiary/aromatic N) is 5. The summed E-state index contributed by atoms with van der Waals surface area (Å²) in [5.41, 5.74) is 2.32. The van der Waals surface area contributed by atoms with Gasteiger partial charge in [0.15, 0.2) is 0 Å². The number of aromatic nitrogens is 2. The van der Waals surface area contributed by atoms with Gasteiger partial charge in [0.05, 0.1) is 9.82 Å². The highest BCUT2D eigenvalue weighted by molar-refractivity contribution is 7.89. The maximum atomic E-state index is 13.7. The van der Waals surface area contributed by atoms with Gasteiger partial charge in [-0.15, -0.1) is 0 Å². The van der Waals surface area contributed by atoms with Crippen LogP contribution in [-0.4, -0.2) is 53.8 Å². The molecule has 178 valence electrons. The molecular weight excluding hydrogens is 461 g/mol. The fourth-order valence-electron chi connectivity index (χ4n) is 4.07. The predicted octanol–water partition coefficient (Wildman–Crippen LogP) is 3.24. The monoisotopic (exact) mass is 485 g/mol. The van der Waals surface area contributed by atoms with E-state index in [0.717, 1.165) is 22.6 Å². The number of benzene rings is 2. The van der Waals surface area contributed by atoms with Crippen LogP contribution in [0, 0.1) is 29.8 Å². The zero-order chi connectivity index (χ0) is 24.5. The summed E-state index contributed by atoms with van der Waals surface area (Å²) in [5, 5.41) is 10.9. The lowest BCUT2D eigenvalue weighted by molar-refractivity contribution is -0.384. The second-order valence-electron chi connectivity index (χ2n) is 8.11. The Morgan fingerprint density at radius 3 is 2.32 bits per heavy atom. The number of aryl methyl sites for hydroxylation is 2. The van der Waals surface area contributed by atoms with Crippen molar-refractivity contribution < 1.29 is 17.7 Å². The molecule has 0 unspecified atom stereocenters. The van der Waals surface area contributed by atoms with Gasteiger partial charge in [0, 0.05) is 56.0 Å². The van der Waals surface area contributed by atoms with Gasteiger partial charge in [-0.1, -0.05) is 12.1 Å². The van der Waals surface area contributed by atoms with Crippen molar-refractivity contribution in [3.63, 3.8) is 0 Å². The Morgan fingerprint density at radius 1 is 1.03 bits per heavy atom. The Labute approximate surface area is 197 Å². The number of nitro groups is 1. The van der Waals surface area contributed by atoms with E-state index in [4.69, 9.17) is 0 Å². The van der Waals surface area contributed by atoms with E-state index in [1.165, 1.54) is 40.7 Å². The molecule has 3 aromatic rings. The van der Waals surface area contributed by atoms with Crippen molar-refractivity contribution in [2.45, 2.75) is 25.2 Å². The largest absolute Gasteiger partial charge is 0.354 e. The maximum Gasteiger partial charge on any atom is 0.269 e. The summed E-state index contributed by atoms with van der Waals surface area (Å²) >= 11 is 0. The average molecular weight is 486 g/mol. The van der Waals surface area contributed by atoms with Crippen LogP contribution in [0.4, 0.5) is 15.9 Å². The van der Waals surface area contributed by atoms with Crippen molar-refractivity contribution >= 4 is 21.5 Å². The lowest BCUT2D eigenvalue weighted by Crippen LogP contribution is -2.49. The lowest BCUT2D eigenvalue weighted by atomic mass is 10.0. The van der Waals surface area contributed by atoms with Gasteiger partial charge in [-0.2, -0.15) is 4.31 Å². The molecule has 1 aliphatic rings. The first-order chi connectivity index (χ1) is 16.1. The zero-order valence-electron chi connectivity index (χ0n) is 18.8. The number of rotatable bonds is 6. The smallest absolute Gasteiger partial charge is 0.269 e. The third-order valence-corrected chi connectivity index (χ3v) is 7.71. The molecule has 0 bridgehead atoms. The second kappa shape index (κ2) is 9.43. The number of hydrogen-bond acceptors (Lipinski definition) is 7. The van der Waals surface area contributed by atoms with Crippen molar-refractivity contribution in [3.05, 3.63) is 87.1 Å². The Hall–Kier alpha value is -3.44. The van der Waals surface area contributed by atoms with Crippen molar-refractivity contribution in [2.75, 3.05) is 31.1 Å². The molecule has 0 N–H and O–H groups in total. The van der Waals surface area contributed by atoms with Gasteiger partial charge in [-0.25, -0.2) is 22.8 Å². The van der Waals surface area contributed by atoms with Crippen LogP contribution in [0.3, 0.4) is 0 Å². The molecule has 0 aliphatic carbocycles. The van der Waals surface area contributed by atoms with E-state index in [-0.39, 0.29) is 29.5 Å². The first-order valence-corrected chi connectivity index (χ1v) is 12.2. The van der Waals surface area contributed by atoms with E-state index in [9.17, 15) is 22.9 Å².